The molecule has 0 bridgehead atoms. The quantitative estimate of drug-likeness (QED) is 0.778. The summed E-state index contributed by atoms with van der Waals surface area (Å²) < 4.78 is 18.4. The number of nitrogens with zero attached hydrogens (tertiary/aromatic N) is 1. The molecule has 1 atom stereocenters. The van der Waals surface area contributed by atoms with Crippen LogP contribution in [0.25, 0.3) is 0 Å². The summed E-state index contributed by atoms with van der Waals surface area (Å²) in [4.78, 5) is 26.0. The highest BCUT2D eigenvalue weighted by Crippen LogP contribution is 2.23. The van der Waals surface area contributed by atoms with Crippen LogP contribution in [0.4, 0.5) is 9.18 Å². The third kappa shape index (κ3) is 4.66. The summed E-state index contributed by atoms with van der Waals surface area (Å²) in [6, 6.07) is 4.54. The minimum atomic E-state index is -0.749. The van der Waals surface area contributed by atoms with E-state index in [4.69, 9.17) is 4.74 Å². The third-order valence-electron chi connectivity index (χ3n) is 3.53. The molecule has 1 aliphatic heterocycles. The monoisotopic (exact) mass is 323 g/mol. The number of amides is 3. The van der Waals surface area contributed by atoms with E-state index in [1.807, 2.05) is 6.92 Å². The molecule has 2 rings (SSSR count). The Labute approximate surface area is 135 Å². The molecule has 23 heavy (non-hydrogen) atoms. The molecule has 0 aliphatic carbocycles. The van der Waals surface area contributed by atoms with Crippen LogP contribution in [-0.2, 0) is 9.53 Å². The first-order valence-corrected chi connectivity index (χ1v) is 7.79. The molecule has 0 radical (unpaired) electrons. The average molecular weight is 323 g/mol. The van der Waals surface area contributed by atoms with E-state index in [0.717, 1.165) is 6.42 Å². The Morgan fingerprint density at radius 1 is 1.39 bits per heavy atom. The van der Waals surface area contributed by atoms with Crippen LogP contribution in [-0.4, -0.2) is 49.7 Å². The van der Waals surface area contributed by atoms with Gasteiger partial charge in [-0.2, -0.15) is 0 Å². The number of rotatable bonds is 6. The molecule has 1 fully saturated rings. The van der Waals surface area contributed by atoms with Gasteiger partial charge in [0.1, 0.15) is 11.9 Å². The van der Waals surface area contributed by atoms with Crippen molar-refractivity contribution < 1.29 is 18.7 Å². The molecule has 7 heteroatoms. The zero-order valence-electron chi connectivity index (χ0n) is 13.2. The van der Waals surface area contributed by atoms with Crippen molar-refractivity contribution in [2.75, 3.05) is 32.8 Å². The van der Waals surface area contributed by atoms with Crippen LogP contribution in [0.1, 0.15) is 24.9 Å². The van der Waals surface area contributed by atoms with Crippen LogP contribution in [0.2, 0.25) is 0 Å². The number of ether oxygens (including phenoxy) is 1. The lowest BCUT2D eigenvalue weighted by molar-refractivity contribution is -0.127. The second-order valence-corrected chi connectivity index (χ2v) is 5.28. The Morgan fingerprint density at radius 3 is 2.83 bits per heavy atom. The molecule has 1 aromatic rings. The molecule has 1 aromatic carbocycles. The van der Waals surface area contributed by atoms with Gasteiger partial charge < -0.3 is 20.3 Å². The lowest BCUT2D eigenvalue weighted by atomic mass is 10.0. The summed E-state index contributed by atoms with van der Waals surface area (Å²) in [5.41, 5.74) is 0.584. The van der Waals surface area contributed by atoms with Gasteiger partial charge in [0.25, 0.3) is 0 Å². The number of carbonyl (C=O) groups is 2. The van der Waals surface area contributed by atoms with E-state index in [9.17, 15) is 14.0 Å². The number of hydrogen-bond donors (Lipinski definition) is 2. The maximum Gasteiger partial charge on any atom is 0.318 e. The van der Waals surface area contributed by atoms with Crippen LogP contribution in [0, 0.1) is 5.82 Å². The molecule has 0 unspecified atom stereocenters. The molecular weight excluding hydrogens is 301 g/mol. The largest absolute Gasteiger partial charge is 0.380 e. The summed E-state index contributed by atoms with van der Waals surface area (Å²) in [5, 5.41) is 5.49. The molecule has 2 N–H and O–H groups in total. The fourth-order valence-corrected chi connectivity index (χ4v) is 2.44. The molecule has 1 heterocycles. The SMILES string of the molecule is CCCOCCNC(=O)N1CCNC(=O)[C@@H]1c1ccc(F)cc1. The predicted molar refractivity (Wildman–Crippen MR) is 83.4 cm³/mol. The zero-order chi connectivity index (χ0) is 16.7. The molecular formula is C16H22FN3O3. The Kier molecular flexibility index (Phi) is 6.34. The average Bonchev–Trinajstić information content (AvgIpc) is 2.55. The molecule has 126 valence electrons. The molecule has 0 spiro atoms. The van der Waals surface area contributed by atoms with Gasteiger partial charge in [-0.3, -0.25) is 4.79 Å². The van der Waals surface area contributed by atoms with Crippen molar-refractivity contribution in [3.05, 3.63) is 35.6 Å². The van der Waals surface area contributed by atoms with Gasteiger partial charge in [0.2, 0.25) is 5.91 Å². The summed E-state index contributed by atoms with van der Waals surface area (Å²) in [6.07, 6.45) is 0.923. The normalized spacial score (nSPS) is 17.7. The fourth-order valence-electron chi connectivity index (χ4n) is 2.44. The van der Waals surface area contributed by atoms with Gasteiger partial charge in [0.15, 0.2) is 0 Å². The van der Waals surface area contributed by atoms with E-state index in [-0.39, 0.29) is 17.8 Å². The Morgan fingerprint density at radius 2 is 2.13 bits per heavy atom. The van der Waals surface area contributed by atoms with E-state index in [0.29, 0.717) is 38.4 Å². The van der Waals surface area contributed by atoms with Gasteiger partial charge >= 0.3 is 6.03 Å². The second-order valence-electron chi connectivity index (χ2n) is 5.28. The van der Waals surface area contributed by atoms with E-state index in [2.05, 4.69) is 10.6 Å². The van der Waals surface area contributed by atoms with E-state index >= 15 is 0 Å². The first kappa shape index (κ1) is 17.2. The van der Waals surface area contributed by atoms with E-state index < -0.39 is 6.04 Å². The van der Waals surface area contributed by atoms with Gasteiger partial charge in [-0.05, 0) is 24.1 Å². The highest BCUT2D eigenvalue weighted by molar-refractivity contribution is 5.89. The van der Waals surface area contributed by atoms with Crippen molar-refractivity contribution in [1.82, 2.24) is 15.5 Å². The maximum absolute atomic E-state index is 13.1. The number of benzene rings is 1. The zero-order valence-corrected chi connectivity index (χ0v) is 13.2. The Balaban J connectivity index is 2.00. The summed E-state index contributed by atoms with van der Waals surface area (Å²) >= 11 is 0. The summed E-state index contributed by atoms with van der Waals surface area (Å²) in [7, 11) is 0. The van der Waals surface area contributed by atoms with E-state index in [1.54, 1.807) is 0 Å². The summed E-state index contributed by atoms with van der Waals surface area (Å²) in [6.45, 7) is 4.28. The minimum Gasteiger partial charge on any atom is -0.380 e. The highest BCUT2D eigenvalue weighted by Gasteiger charge is 2.34. The lowest BCUT2D eigenvalue weighted by Gasteiger charge is -2.35. The van der Waals surface area contributed by atoms with Crippen LogP contribution < -0.4 is 10.6 Å². The third-order valence-corrected chi connectivity index (χ3v) is 3.53. The first-order valence-electron chi connectivity index (χ1n) is 7.79. The fraction of sp³-hybridized carbons (Fsp3) is 0.500. The molecule has 1 aliphatic rings. The number of nitrogens with one attached hydrogen (secondary N) is 2. The lowest BCUT2D eigenvalue weighted by Crippen LogP contribution is -2.55. The van der Waals surface area contributed by atoms with Crippen molar-refractivity contribution in [3.63, 3.8) is 0 Å². The highest BCUT2D eigenvalue weighted by atomic mass is 19.1. The first-order chi connectivity index (χ1) is 11.1. The van der Waals surface area contributed by atoms with Gasteiger partial charge in [0, 0.05) is 26.2 Å². The van der Waals surface area contributed by atoms with Crippen LogP contribution >= 0.6 is 0 Å². The number of carbonyl (C=O) groups excluding carboxylic acids is 2. The van der Waals surface area contributed by atoms with Crippen molar-refractivity contribution in [2.45, 2.75) is 19.4 Å². The van der Waals surface area contributed by atoms with Crippen LogP contribution in [0.15, 0.2) is 24.3 Å². The summed E-state index contributed by atoms with van der Waals surface area (Å²) in [5.74, 6) is -0.644. The molecule has 1 saturated heterocycles. The Hall–Kier alpha value is -2.15. The van der Waals surface area contributed by atoms with Gasteiger partial charge in [0.05, 0.1) is 6.61 Å². The molecule has 0 aromatic heterocycles. The van der Waals surface area contributed by atoms with Gasteiger partial charge in [-0.1, -0.05) is 19.1 Å². The van der Waals surface area contributed by atoms with Crippen LogP contribution in [0.3, 0.4) is 0 Å². The minimum absolute atomic E-state index is 0.264. The molecule has 3 amide bonds. The number of piperazine rings is 1. The van der Waals surface area contributed by atoms with Crippen molar-refractivity contribution in [2.24, 2.45) is 0 Å². The van der Waals surface area contributed by atoms with Crippen molar-refractivity contribution in [3.8, 4) is 0 Å². The number of halogens is 1. The number of hydrogen-bond acceptors (Lipinski definition) is 3. The van der Waals surface area contributed by atoms with Gasteiger partial charge in [-0.15, -0.1) is 0 Å². The predicted octanol–water partition coefficient (Wildman–Crippen LogP) is 1.43. The topological polar surface area (TPSA) is 70.7 Å². The standard InChI is InChI=1S/C16H22FN3O3/c1-2-10-23-11-8-19-16(22)20-9-7-18-15(21)14(20)12-3-5-13(17)6-4-12/h3-6,14H,2,7-11H2,1H3,(H,18,21)(H,19,22)/t14-/m0/s1. The molecule has 6 nitrogen and oxygen atoms in total. The Bertz CT molecular complexity index is 536. The van der Waals surface area contributed by atoms with Crippen molar-refractivity contribution in [1.29, 1.82) is 0 Å². The van der Waals surface area contributed by atoms with Gasteiger partial charge in [-0.25, -0.2) is 9.18 Å². The number of urea groups is 1. The maximum atomic E-state index is 13.1. The van der Waals surface area contributed by atoms with Crippen LogP contribution in [0.5, 0.6) is 0 Å². The van der Waals surface area contributed by atoms with E-state index in [1.165, 1.54) is 29.2 Å². The van der Waals surface area contributed by atoms with Crippen molar-refractivity contribution >= 4 is 11.9 Å². The molecule has 0 saturated carbocycles. The smallest absolute Gasteiger partial charge is 0.318 e. The second kappa shape index (κ2) is 8.47.